The van der Waals surface area contributed by atoms with Gasteiger partial charge in [0.15, 0.2) is 10.9 Å². The molecule has 1 fully saturated rings. The van der Waals surface area contributed by atoms with Crippen LogP contribution in [-0.4, -0.2) is 56.0 Å². The van der Waals surface area contributed by atoms with Gasteiger partial charge in [-0.3, -0.25) is 24.2 Å². The molecule has 224 valence electrons. The van der Waals surface area contributed by atoms with Gasteiger partial charge in [0.25, 0.3) is 0 Å². The second kappa shape index (κ2) is 15.5. The minimum Gasteiger partial charge on any atom is -0.457 e. The standard InChI is InChI=1S/C30H41N3O5S3/c1-3-4-5-6-7-14-26(35)39-15-9-8-11-20-16-24(34)31-17-25-32-23(18-40-25)28-33-30(2,19-41-28)27(36)21-12-10-13-22(21)29(37)38-20/h8,11,18,20-22H,3-7,9-10,12-17,19H2,1-2H3,(H,31,34)/b11-8+/t20-,21?,22-,30+/m1/s1. The third-order valence-electron chi connectivity index (χ3n) is 7.77. The second-order valence-electron chi connectivity index (χ2n) is 11.2. The molecule has 4 atom stereocenters. The van der Waals surface area contributed by atoms with Gasteiger partial charge in [-0.05, 0) is 38.7 Å². The van der Waals surface area contributed by atoms with Crippen molar-refractivity contribution in [2.24, 2.45) is 16.8 Å². The molecule has 1 aromatic heterocycles. The van der Waals surface area contributed by atoms with Gasteiger partial charge < -0.3 is 10.1 Å². The first-order chi connectivity index (χ1) is 19.8. The number of ether oxygens (including phenoxy) is 1. The Morgan fingerprint density at radius 3 is 2.83 bits per heavy atom. The third kappa shape index (κ3) is 9.00. The fourth-order valence-electron chi connectivity index (χ4n) is 5.45. The molecule has 1 aromatic rings. The molecule has 8 nitrogen and oxygen atoms in total. The Balaban J connectivity index is 1.40. The number of hydrogen-bond donors (Lipinski definition) is 1. The van der Waals surface area contributed by atoms with E-state index in [0.29, 0.717) is 37.2 Å². The van der Waals surface area contributed by atoms with E-state index in [0.717, 1.165) is 35.0 Å². The number of cyclic esters (lactones) is 1. The molecular formula is C30H41N3O5S3. The van der Waals surface area contributed by atoms with Crippen LogP contribution in [0.2, 0.25) is 0 Å². The average Bonchev–Trinajstić information content (AvgIpc) is 3.71. The number of esters is 1. The maximum Gasteiger partial charge on any atom is 0.310 e. The number of hydrogen-bond acceptors (Lipinski definition) is 10. The van der Waals surface area contributed by atoms with Crippen LogP contribution < -0.4 is 5.32 Å². The second-order valence-corrected chi connectivity index (χ2v) is 14.2. The smallest absolute Gasteiger partial charge is 0.310 e. The molecule has 0 radical (unpaired) electrons. The van der Waals surface area contributed by atoms with Crippen molar-refractivity contribution in [3.63, 3.8) is 0 Å². The summed E-state index contributed by atoms with van der Waals surface area (Å²) in [6, 6.07) is 0. The molecule has 2 aliphatic heterocycles. The summed E-state index contributed by atoms with van der Waals surface area (Å²) >= 11 is 4.29. The van der Waals surface area contributed by atoms with Crippen LogP contribution in [0.3, 0.4) is 0 Å². The van der Waals surface area contributed by atoms with Crippen LogP contribution in [0, 0.1) is 11.8 Å². The SMILES string of the molecule is CCCCCCCC(=O)SCC/C=C/[C@@H]1CC(=O)NCc2nc(cs2)C2=N[C@@](C)(CS2)C(=O)C2CCC[C@H]2C(=O)O1. The Bertz CT molecular complexity index is 1170. The van der Waals surface area contributed by atoms with Crippen molar-refractivity contribution in [2.75, 3.05) is 11.5 Å². The summed E-state index contributed by atoms with van der Waals surface area (Å²) in [6.45, 7) is 4.30. The maximum absolute atomic E-state index is 13.7. The van der Waals surface area contributed by atoms with Gasteiger partial charge >= 0.3 is 5.97 Å². The molecule has 4 bridgehead atoms. The van der Waals surface area contributed by atoms with Crippen LogP contribution in [0.1, 0.15) is 95.2 Å². The Morgan fingerprint density at radius 1 is 1.20 bits per heavy atom. The van der Waals surface area contributed by atoms with E-state index in [1.165, 1.54) is 54.1 Å². The molecular weight excluding hydrogens is 579 g/mol. The molecule has 1 unspecified atom stereocenters. The Labute approximate surface area is 255 Å². The first-order valence-corrected chi connectivity index (χ1v) is 17.7. The van der Waals surface area contributed by atoms with Crippen molar-refractivity contribution in [2.45, 2.75) is 103 Å². The van der Waals surface area contributed by atoms with Gasteiger partial charge in [-0.15, -0.1) is 23.1 Å². The van der Waals surface area contributed by atoms with Gasteiger partial charge in [0, 0.05) is 29.2 Å². The lowest BCUT2D eigenvalue weighted by molar-refractivity contribution is -0.156. The van der Waals surface area contributed by atoms with Crippen molar-refractivity contribution in [1.82, 2.24) is 10.3 Å². The number of aliphatic imine (C=N–C) groups is 1. The van der Waals surface area contributed by atoms with E-state index in [-0.39, 0.29) is 29.8 Å². The number of allylic oxidation sites excluding steroid dienone is 1. The van der Waals surface area contributed by atoms with Crippen molar-refractivity contribution in [3.05, 3.63) is 28.2 Å². The number of thioether (sulfide) groups is 2. The largest absolute Gasteiger partial charge is 0.457 e. The topological polar surface area (TPSA) is 115 Å². The maximum atomic E-state index is 13.7. The number of amides is 1. The number of ketones is 1. The summed E-state index contributed by atoms with van der Waals surface area (Å²) in [5.74, 6) is -0.508. The molecule has 4 rings (SSSR count). The van der Waals surface area contributed by atoms with E-state index in [4.69, 9.17) is 9.73 Å². The first kappa shape index (κ1) is 31.9. The summed E-state index contributed by atoms with van der Waals surface area (Å²) in [5.41, 5.74) is -0.170. The molecule has 0 aromatic carbocycles. The van der Waals surface area contributed by atoms with Crippen molar-refractivity contribution >= 4 is 62.7 Å². The number of nitrogens with zero attached hydrogens (tertiary/aromatic N) is 2. The van der Waals surface area contributed by atoms with Gasteiger partial charge in [-0.1, -0.05) is 56.9 Å². The number of Topliss-reactive ketones (excluding diaryl/α,β-unsaturated/α-hetero) is 1. The normalized spacial score (nSPS) is 27.0. The zero-order chi connectivity index (χ0) is 29.2. The molecule has 3 heterocycles. The molecule has 41 heavy (non-hydrogen) atoms. The fourth-order valence-corrected chi connectivity index (χ4v) is 8.16. The number of unbranched alkanes of at least 4 members (excludes halogenated alkanes) is 4. The Morgan fingerprint density at radius 2 is 2.00 bits per heavy atom. The highest BCUT2D eigenvalue weighted by Gasteiger charge is 2.48. The van der Waals surface area contributed by atoms with Gasteiger partial charge in [0.1, 0.15) is 27.4 Å². The predicted molar refractivity (Wildman–Crippen MR) is 166 cm³/mol. The molecule has 0 spiro atoms. The lowest BCUT2D eigenvalue weighted by atomic mass is 9.82. The van der Waals surface area contributed by atoms with Crippen LogP contribution in [0.25, 0.3) is 0 Å². The van der Waals surface area contributed by atoms with Crippen molar-refractivity contribution in [3.8, 4) is 0 Å². The van der Waals surface area contributed by atoms with E-state index in [2.05, 4.69) is 17.2 Å². The highest BCUT2D eigenvalue weighted by Crippen LogP contribution is 2.41. The summed E-state index contributed by atoms with van der Waals surface area (Å²) in [5, 5.41) is 6.49. The van der Waals surface area contributed by atoms with Crippen molar-refractivity contribution < 1.29 is 23.9 Å². The van der Waals surface area contributed by atoms with Gasteiger partial charge in [-0.2, -0.15) is 0 Å². The van der Waals surface area contributed by atoms with Crippen LogP contribution in [0.15, 0.2) is 22.5 Å². The summed E-state index contributed by atoms with van der Waals surface area (Å²) in [7, 11) is 0. The number of fused-ring (bicyclic) bond motifs is 5. The fraction of sp³-hybridized carbons (Fsp3) is 0.667. The van der Waals surface area contributed by atoms with Gasteiger partial charge in [-0.25, -0.2) is 4.98 Å². The zero-order valence-corrected chi connectivity index (χ0v) is 26.5. The van der Waals surface area contributed by atoms with Crippen LogP contribution >= 0.6 is 34.9 Å². The summed E-state index contributed by atoms with van der Waals surface area (Å²) < 4.78 is 5.87. The quantitative estimate of drug-likeness (QED) is 0.196. The number of carbonyl (C=O) groups is 4. The minimum atomic E-state index is -0.896. The van der Waals surface area contributed by atoms with Crippen LogP contribution in [0.4, 0.5) is 0 Å². The van der Waals surface area contributed by atoms with E-state index in [1.54, 1.807) is 6.08 Å². The summed E-state index contributed by atoms with van der Waals surface area (Å²) in [6.07, 6.45) is 11.7. The number of rotatable bonds is 10. The first-order valence-electron chi connectivity index (χ1n) is 14.8. The van der Waals surface area contributed by atoms with E-state index in [1.807, 2.05) is 18.4 Å². The predicted octanol–water partition coefficient (Wildman–Crippen LogP) is 5.88. The molecule has 11 heteroatoms. The molecule has 0 saturated heterocycles. The zero-order valence-electron chi connectivity index (χ0n) is 24.0. The number of aromatic nitrogens is 1. The lowest BCUT2D eigenvalue weighted by Crippen LogP contribution is -2.42. The molecule has 3 aliphatic rings. The van der Waals surface area contributed by atoms with Crippen LogP contribution in [-0.2, 0) is 30.5 Å². The highest BCUT2D eigenvalue weighted by molar-refractivity contribution is 8.14. The van der Waals surface area contributed by atoms with Gasteiger partial charge in [0.2, 0.25) is 5.91 Å². The monoisotopic (exact) mass is 619 g/mol. The van der Waals surface area contributed by atoms with E-state index < -0.39 is 29.4 Å². The number of carbonyl (C=O) groups excluding carboxylic acids is 4. The molecule has 1 N–H and O–H groups in total. The molecule has 1 aliphatic carbocycles. The number of thiazole rings is 1. The van der Waals surface area contributed by atoms with E-state index in [9.17, 15) is 19.2 Å². The Hall–Kier alpha value is -1.98. The van der Waals surface area contributed by atoms with Crippen molar-refractivity contribution in [1.29, 1.82) is 0 Å². The van der Waals surface area contributed by atoms with Crippen LogP contribution in [0.5, 0.6) is 0 Å². The highest BCUT2D eigenvalue weighted by atomic mass is 32.2. The average molecular weight is 620 g/mol. The third-order valence-corrected chi connectivity index (χ3v) is 10.9. The molecule has 1 saturated carbocycles. The van der Waals surface area contributed by atoms with Gasteiger partial charge in [0.05, 0.1) is 18.9 Å². The number of nitrogens with one attached hydrogen (secondary N) is 1. The van der Waals surface area contributed by atoms with E-state index >= 15 is 0 Å². The summed E-state index contributed by atoms with van der Waals surface area (Å²) in [4.78, 5) is 61.5. The Kier molecular flexibility index (Phi) is 12.1. The molecule has 1 amide bonds. The minimum absolute atomic E-state index is 0.0149. The lowest BCUT2D eigenvalue weighted by Gasteiger charge is -2.26.